The zero-order valence-corrected chi connectivity index (χ0v) is 14.2. The Hall–Kier alpha value is -2.63. The van der Waals surface area contributed by atoms with E-state index in [4.69, 9.17) is 9.26 Å². The van der Waals surface area contributed by atoms with Gasteiger partial charge in [0.1, 0.15) is 17.0 Å². The van der Waals surface area contributed by atoms with Gasteiger partial charge in [-0.05, 0) is 20.3 Å². The number of rotatable bonds is 7. The fraction of sp³-hybridized carbons (Fsp3) is 0.389. The molecule has 1 N–H and O–H groups in total. The summed E-state index contributed by atoms with van der Waals surface area (Å²) in [5.74, 6) is -0.579. The van der Waals surface area contributed by atoms with Crippen molar-refractivity contribution in [3.63, 3.8) is 0 Å². The second-order valence-corrected chi connectivity index (χ2v) is 5.66. The molecule has 2 rings (SSSR count). The maximum atomic E-state index is 12.3. The molecule has 0 spiro atoms. The largest absolute Gasteiger partial charge is 0.452 e. The average Bonchev–Trinajstić information content (AvgIpc) is 2.95. The van der Waals surface area contributed by atoms with Crippen LogP contribution in [0.5, 0.6) is 0 Å². The van der Waals surface area contributed by atoms with Crippen LogP contribution in [0.1, 0.15) is 42.8 Å². The van der Waals surface area contributed by atoms with E-state index in [0.717, 1.165) is 18.4 Å². The van der Waals surface area contributed by atoms with Crippen LogP contribution >= 0.6 is 0 Å². The third kappa shape index (κ3) is 4.44. The predicted molar refractivity (Wildman–Crippen MR) is 89.5 cm³/mol. The first-order valence-electron chi connectivity index (χ1n) is 8.01. The summed E-state index contributed by atoms with van der Waals surface area (Å²) in [6.07, 6.45) is 1.85. The Morgan fingerprint density at radius 1 is 1.29 bits per heavy atom. The van der Waals surface area contributed by atoms with Crippen molar-refractivity contribution >= 4 is 11.9 Å². The SMILES string of the molecule is CCC[C@H](C)NC(=O)COC(=O)c1c(-c2ccccc2)noc1C. The minimum absolute atomic E-state index is 0.0541. The maximum Gasteiger partial charge on any atom is 0.344 e. The third-order valence-corrected chi connectivity index (χ3v) is 3.58. The highest BCUT2D eigenvalue weighted by Crippen LogP contribution is 2.25. The third-order valence-electron chi connectivity index (χ3n) is 3.58. The van der Waals surface area contributed by atoms with Crippen LogP contribution in [0.25, 0.3) is 11.3 Å². The molecule has 6 nitrogen and oxygen atoms in total. The summed E-state index contributed by atoms with van der Waals surface area (Å²) in [6, 6.07) is 9.27. The van der Waals surface area contributed by atoms with Crippen molar-refractivity contribution in [1.82, 2.24) is 10.5 Å². The Bertz CT molecular complexity index is 694. The second kappa shape index (κ2) is 8.29. The van der Waals surface area contributed by atoms with Crippen molar-refractivity contribution < 1.29 is 18.8 Å². The van der Waals surface area contributed by atoms with Gasteiger partial charge in [0.05, 0.1) is 0 Å². The van der Waals surface area contributed by atoms with Crippen molar-refractivity contribution in [2.24, 2.45) is 0 Å². The molecule has 0 bridgehead atoms. The zero-order valence-electron chi connectivity index (χ0n) is 14.2. The lowest BCUT2D eigenvalue weighted by Crippen LogP contribution is -2.35. The number of carbonyl (C=O) groups is 2. The van der Waals surface area contributed by atoms with E-state index in [-0.39, 0.29) is 24.1 Å². The van der Waals surface area contributed by atoms with Gasteiger partial charge in [-0.25, -0.2) is 4.79 Å². The number of carbonyl (C=O) groups excluding carboxylic acids is 2. The number of amides is 1. The zero-order chi connectivity index (χ0) is 17.5. The second-order valence-electron chi connectivity index (χ2n) is 5.66. The summed E-state index contributed by atoms with van der Waals surface area (Å²) in [5, 5.41) is 6.72. The van der Waals surface area contributed by atoms with E-state index in [1.54, 1.807) is 6.92 Å². The van der Waals surface area contributed by atoms with E-state index < -0.39 is 5.97 Å². The van der Waals surface area contributed by atoms with E-state index in [9.17, 15) is 9.59 Å². The number of aromatic nitrogens is 1. The Kier molecular flexibility index (Phi) is 6.12. The molecule has 1 atom stereocenters. The number of hydrogen-bond acceptors (Lipinski definition) is 5. The molecule has 1 aromatic carbocycles. The summed E-state index contributed by atoms with van der Waals surface area (Å²) in [4.78, 5) is 24.1. The number of ether oxygens (including phenoxy) is 1. The molecule has 0 saturated heterocycles. The fourth-order valence-electron chi connectivity index (χ4n) is 2.43. The van der Waals surface area contributed by atoms with Gasteiger partial charge in [-0.2, -0.15) is 0 Å². The van der Waals surface area contributed by atoms with Gasteiger partial charge in [-0.15, -0.1) is 0 Å². The van der Waals surface area contributed by atoms with Crippen LogP contribution in [0.3, 0.4) is 0 Å². The van der Waals surface area contributed by atoms with Crippen molar-refractivity contribution in [1.29, 1.82) is 0 Å². The van der Waals surface area contributed by atoms with Crippen LogP contribution in [0.15, 0.2) is 34.9 Å². The van der Waals surface area contributed by atoms with Gasteiger partial charge >= 0.3 is 5.97 Å². The van der Waals surface area contributed by atoms with Crippen LogP contribution < -0.4 is 5.32 Å². The number of aryl methyl sites for hydroxylation is 1. The van der Waals surface area contributed by atoms with Gasteiger partial charge in [-0.1, -0.05) is 48.8 Å². The highest BCUT2D eigenvalue weighted by molar-refractivity contribution is 5.98. The van der Waals surface area contributed by atoms with Crippen LogP contribution in [0, 0.1) is 6.92 Å². The highest BCUT2D eigenvalue weighted by Gasteiger charge is 2.23. The molecule has 0 aliphatic carbocycles. The number of benzene rings is 1. The molecule has 0 aliphatic heterocycles. The molecule has 0 aliphatic rings. The van der Waals surface area contributed by atoms with Crippen molar-refractivity contribution in [2.75, 3.05) is 6.61 Å². The lowest BCUT2D eigenvalue weighted by atomic mass is 10.1. The Labute approximate surface area is 141 Å². The van der Waals surface area contributed by atoms with Gasteiger partial charge in [0, 0.05) is 11.6 Å². The van der Waals surface area contributed by atoms with E-state index in [1.807, 2.05) is 44.2 Å². The quantitative estimate of drug-likeness (QED) is 0.789. The van der Waals surface area contributed by atoms with Crippen LogP contribution in [-0.4, -0.2) is 29.7 Å². The summed E-state index contributed by atoms with van der Waals surface area (Å²) < 4.78 is 10.2. The van der Waals surface area contributed by atoms with E-state index in [1.165, 1.54) is 0 Å². The minimum atomic E-state index is -0.620. The number of hydrogen-bond donors (Lipinski definition) is 1. The fourth-order valence-corrected chi connectivity index (χ4v) is 2.43. The first-order chi connectivity index (χ1) is 11.5. The van der Waals surface area contributed by atoms with Crippen LogP contribution in [0.2, 0.25) is 0 Å². The maximum absolute atomic E-state index is 12.3. The molecule has 128 valence electrons. The van der Waals surface area contributed by atoms with Gasteiger partial charge < -0.3 is 14.6 Å². The standard InChI is InChI=1S/C18H22N2O4/c1-4-8-12(2)19-15(21)11-23-18(22)16-13(3)24-20-17(16)14-9-6-5-7-10-14/h5-7,9-10,12H,4,8,11H2,1-3H3,(H,19,21)/t12-/m0/s1. The molecule has 24 heavy (non-hydrogen) atoms. The van der Waals surface area contributed by atoms with E-state index in [2.05, 4.69) is 10.5 Å². The minimum Gasteiger partial charge on any atom is -0.452 e. The first kappa shape index (κ1) is 17.7. The first-order valence-corrected chi connectivity index (χ1v) is 8.01. The number of nitrogens with zero attached hydrogens (tertiary/aromatic N) is 1. The normalized spacial score (nSPS) is 11.8. The van der Waals surface area contributed by atoms with Crippen molar-refractivity contribution in [3.05, 3.63) is 41.7 Å². The monoisotopic (exact) mass is 330 g/mol. The molecule has 2 aromatic rings. The van der Waals surface area contributed by atoms with Crippen LogP contribution in [0.4, 0.5) is 0 Å². The molecule has 1 aromatic heterocycles. The molecule has 1 heterocycles. The highest BCUT2D eigenvalue weighted by atomic mass is 16.5. The van der Waals surface area contributed by atoms with E-state index >= 15 is 0 Å². The summed E-state index contributed by atoms with van der Waals surface area (Å²) in [6.45, 7) is 5.27. The Balaban J connectivity index is 2.03. The Morgan fingerprint density at radius 2 is 2.00 bits per heavy atom. The number of esters is 1. The average molecular weight is 330 g/mol. The topological polar surface area (TPSA) is 81.4 Å². The van der Waals surface area contributed by atoms with Crippen LogP contribution in [-0.2, 0) is 9.53 Å². The van der Waals surface area contributed by atoms with Crippen molar-refractivity contribution in [3.8, 4) is 11.3 Å². The predicted octanol–water partition coefficient (Wildman–Crippen LogP) is 3.11. The van der Waals surface area contributed by atoms with Gasteiger partial charge in [0.2, 0.25) is 0 Å². The summed E-state index contributed by atoms with van der Waals surface area (Å²) in [7, 11) is 0. The van der Waals surface area contributed by atoms with E-state index in [0.29, 0.717) is 11.5 Å². The molecule has 1 amide bonds. The lowest BCUT2D eigenvalue weighted by molar-refractivity contribution is -0.124. The smallest absolute Gasteiger partial charge is 0.344 e. The molecule has 6 heteroatoms. The summed E-state index contributed by atoms with van der Waals surface area (Å²) in [5.41, 5.74) is 1.41. The molecule has 0 saturated carbocycles. The lowest BCUT2D eigenvalue weighted by Gasteiger charge is -2.12. The number of nitrogens with one attached hydrogen (secondary N) is 1. The van der Waals surface area contributed by atoms with Crippen molar-refractivity contribution in [2.45, 2.75) is 39.7 Å². The molecular weight excluding hydrogens is 308 g/mol. The van der Waals surface area contributed by atoms with Gasteiger partial charge in [0.25, 0.3) is 5.91 Å². The molecule has 0 radical (unpaired) electrons. The molecule has 0 unspecified atom stereocenters. The summed E-state index contributed by atoms with van der Waals surface area (Å²) >= 11 is 0. The molecular formula is C18H22N2O4. The van der Waals surface area contributed by atoms with Gasteiger partial charge in [-0.3, -0.25) is 4.79 Å². The molecule has 0 fully saturated rings. The Morgan fingerprint density at radius 3 is 2.67 bits per heavy atom. The van der Waals surface area contributed by atoms with Gasteiger partial charge in [0.15, 0.2) is 6.61 Å².